The van der Waals surface area contributed by atoms with Crippen LogP contribution >= 0.6 is 11.6 Å². The first-order valence-electron chi connectivity index (χ1n) is 5.55. The van der Waals surface area contributed by atoms with E-state index in [2.05, 4.69) is 17.3 Å². The minimum absolute atomic E-state index is 0.0550. The second-order valence-electron chi connectivity index (χ2n) is 3.87. The second kappa shape index (κ2) is 6.23. The van der Waals surface area contributed by atoms with Gasteiger partial charge >= 0.3 is 0 Å². The van der Waals surface area contributed by atoms with Crippen molar-refractivity contribution in [2.24, 2.45) is 7.05 Å². The van der Waals surface area contributed by atoms with E-state index >= 15 is 0 Å². The molecule has 0 aliphatic carbocycles. The number of nitrogens with zero attached hydrogens (tertiary/aromatic N) is 2. The SMILES string of the molecule is CCCNC(c1c(Cl)cnn1C)C(C)OC. The van der Waals surface area contributed by atoms with Gasteiger partial charge in [-0.15, -0.1) is 0 Å². The minimum atomic E-state index is 0.0550. The fraction of sp³-hybridized carbons (Fsp3) is 0.727. The lowest BCUT2D eigenvalue weighted by atomic mass is 10.1. The average molecular weight is 246 g/mol. The first-order valence-corrected chi connectivity index (χ1v) is 5.93. The molecule has 16 heavy (non-hydrogen) atoms. The van der Waals surface area contributed by atoms with Gasteiger partial charge < -0.3 is 10.1 Å². The van der Waals surface area contributed by atoms with Crippen molar-refractivity contribution in [1.29, 1.82) is 0 Å². The van der Waals surface area contributed by atoms with Gasteiger partial charge in [0.2, 0.25) is 0 Å². The van der Waals surface area contributed by atoms with Crippen molar-refractivity contribution < 1.29 is 4.74 Å². The van der Waals surface area contributed by atoms with E-state index in [0.717, 1.165) is 18.7 Å². The highest BCUT2D eigenvalue weighted by molar-refractivity contribution is 6.31. The molecule has 0 radical (unpaired) electrons. The predicted octanol–water partition coefficient (Wildman–Crippen LogP) is 2.15. The maximum Gasteiger partial charge on any atom is 0.0835 e. The first kappa shape index (κ1) is 13.5. The summed E-state index contributed by atoms with van der Waals surface area (Å²) in [4.78, 5) is 0. The lowest BCUT2D eigenvalue weighted by molar-refractivity contribution is 0.0803. The highest BCUT2D eigenvalue weighted by Crippen LogP contribution is 2.25. The van der Waals surface area contributed by atoms with Gasteiger partial charge in [-0.2, -0.15) is 5.10 Å². The van der Waals surface area contributed by atoms with Gasteiger partial charge in [-0.3, -0.25) is 4.68 Å². The molecule has 0 spiro atoms. The molecule has 0 saturated heterocycles. The third-order valence-corrected chi connectivity index (χ3v) is 2.98. The molecule has 92 valence electrons. The number of ether oxygens (including phenoxy) is 1. The summed E-state index contributed by atoms with van der Waals surface area (Å²) < 4.78 is 7.18. The van der Waals surface area contributed by atoms with Crippen molar-refractivity contribution in [1.82, 2.24) is 15.1 Å². The normalized spacial score (nSPS) is 15.1. The smallest absolute Gasteiger partial charge is 0.0835 e. The Balaban J connectivity index is 2.91. The van der Waals surface area contributed by atoms with E-state index in [-0.39, 0.29) is 12.1 Å². The molecule has 0 bridgehead atoms. The standard InChI is InChI=1S/C11H20ClN3O/c1-5-6-13-10(8(2)16-4)11-9(12)7-14-15(11)3/h7-8,10,13H,5-6H2,1-4H3. The largest absolute Gasteiger partial charge is 0.380 e. The van der Waals surface area contributed by atoms with Crippen molar-refractivity contribution in [3.05, 3.63) is 16.9 Å². The van der Waals surface area contributed by atoms with E-state index in [4.69, 9.17) is 16.3 Å². The Kier molecular flexibility index (Phi) is 5.25. The van der Waals surface area contributed by atoms with Gasteiger partial charge in [0.05, 0.1) is 29.1 Å². The Labute approximate surface area is 102 Å². The lowest BCUT2D eigenvalue weighted by Gasteiger charge is -2.24. The molecule has 5 heteroatoms. The van der Waals surface area contributed by atoms with Gasteiger partial charge in [-0.25, -0.2) is 0 Å². The Morgan fingerprint density at radius 3 is 2.75 bits per heavy atom. The van der Waals surface area contributed by atoms with E-state index in [1.54, 1.807) is 18.0 Å². The zero-order valence-electron chi connectivity index (χ0n) is 10.3. The summed E-state index contributed by atoms with van der Waals surface area (Å²) >= 11 is 6.14. The van der Waals surface area contributed by atoms with Crippen LogP contribution in [0.3, 0.4) is 0 Å². The van der Waals surface area contributed by atoms with Crippen LogP contribution in [0.5, 0.6) is 0 Å². The topological polar surface area (TPSA) is 39.1 Å². The molecule has 0 aromatic carbocycles. The van der Waals surface area contributed by atoms with Gasteiger partial charge in [-0.1, -0.05) is 18.5 Å². The van der Waals surface area contributed by atoms with E-state index in [1.165, 1.54) is 0 Å². The number of rotatable bonds is 6. The zero-order valence-corrected chi connectivity index (χ0v) is 11.1. The number of methoxy groups -OCH3 is 1. The Morgan fingerprint density at radius 2 is 2.31 bits per heavy atom. The summed E-state index contributed by atoms with van der Waals surface area (Å²) in [6.45, 7) is 5.09. The van der Waals surface area contributed by atoms with Crippen LogP contribution in [0, 0.1) is 0 Å². The van der Waals surface area contributed by atoms with Crippen LogP contribution in [0.2, 0.25) is 5.02 Å². The van der Waals surface area contributed by atoms with Gasteiger partial charge in [0.15, 0.2) is 0 Å². The van der Waals surface area contributed by atoms with Crippen LogP contribution in [0.25, 0.3) is 0 Å². The van der Waals surface area contributed by atoms with E-state index in [1.807, 2.05) is 14.0 Å². The quantitative estimate of drug-likeness (QED) is 0.835. The lowest BCUT2D eigenvalue weighted by Crippen LogP contribution is -2.33. The summed E-state index contributed by atoms with van der Waals surface area (Å²) in [5.74, 6) is 0. The number of aryl methyl sites for hydroxylation is 1. The number of nitrogens with one attached hydrogen (secondary N) is 1. The third-order valence-electron chi connectivity index (χ3n) is 2.69. The minimum Gasteiger partial charge on any atom is -0.380 e. The molecule has 1 rings (SSSR count). The molecule has 1 aromatic heterocycles. The molecule has 0 saturated carbocycles. The van der Waals surface area contributed by atoms with Crippen molar-refractivity contribution in [2.45, 2.75) is 32.4 Å². The van der Waals surface area contributed by atoms with Crippen LogP contribution in [0.15, 0.2) is 6.20 Å². The Bertz CT molecular complexity index is 308. The molecule has 0 fully saturated rings. The summed E-state index contributed by atoms with van der Waals surface area (Å²) in [5.41, 5.74) is 0.976. The monoisotopic (exact) mass is 245 g/mol. The Hall–Kier alpha value is -0.580. The van der Waals surface area contributed by atoms with E-state index in [0.29, 0.717) is 5.02 Å². The van der Waals surface area contributed by atoms with Crippen molar-refractivity contribution >= 4 is 11.6 Å². The maximum atomic E-state index is 6.14. The highest BCUT2D eigenvalue weighted by atomic mass is 35.5. The van der Waals surface area contributed by atoms with Crippen LogP contribution in [-0.4, -0.2) is 29.5 Å². The molecule has 0 aliphatic heterocycles. The Morgan fingerprint density at radius 1 is 1.62 bits per heavy atom. The predicted molar refractivity (Wildman–Crippen MR) is 65.7 cm³/mol. The second-order valence-corrected chi connectivity index (χ2v) is 4.28. The molecular formula is C11H20ClN3O. The highest BCUT2D eigenvalue weighted by Gasteiger charge is 2.24. The van der Waals surface area contributed by atoms with Gasteiger partial charge in [-0.05, 0) is 19.9 Å². The molecule has 4 nitrogen and oxygen atoms in total. The van der Waals surface area contributed by atoms with Gasteiger partial charge in [0.1, 0.15) is 0 Å². The van der Waals surface area contributed by atoms with Crippen LogP contribution < -0.4 is 5.32 Å². The molecule has 0 amide bonds. The van der Waals surface area contributed by atoms with Crippen LogP contribution in [0.4, 0.5) is 0 Å². The fourth-order valence-corrected chi connectivity index (χ4v) is 1.97. The van der Waals surface area contributed by atoms with Crippen LogP contribution in [-0.2, 0) is 11.8 Å². The molecule has 1 aromatic rings. The van der Waals surface area contributed by atoms with Crippen LogP contribution in [0.1, 0.15) is 32.0 Å². The van der Waals surface area contributed by atoms with Gasteiger partial charge in [0, 0.05) is 14.2 Å². The molecule has 2 atom stereocenters. The third kappa shape index (κ3) is 2.97. The van der Waals surface area contributed by atoms with Crippen molar-refractivity contribution in [3.63, 3.8) is 0 Å². The molecular weight excluding hydrogens is 226 g/mol. The number of aromatic nitrogens is 2. The summed E-state index contributed by atoms with van der Waals surface area (Å²) in [6, 6.07) is 0.0740. The summed E-state index contributed by atoms with van der Waals surface area (Å²) in [6.07, 6.45) is 2.79. The number of halogens is 1. The van der Waals surface area contributed by atoms with Gasteiger partial charge in [0.25, 0.3) is 0 Å². The summed E-state index contributed by atoms with van der Waals surface area (Å²) in [5, 5.41) is 8.27. The number of hydrogen-bond acceptors (Lipinski definition) is 3. The maximum absolute atomic E-state index is 6.14. The molecule has 0 aliphatic rings. The fourth-order valence-electron chi connectivity index (χ4n) is 1.69. The molecule has 1 heterocycles. The summed E-state index contributed by atoms with van der Waals surface area (Å²) in [7, 11) is 3.60. The number of hydrogen-bond donors (Lipinski definition) is 1. The first-order chi connectivity index (χ1) is 7.61. The molecule has 1 N–H and O–H groups in total. The van der Waals surface area contributed by atoms with E-state index < -0.39 is 0 Å². The average Bonchev–Trinajstić information content (AvgIpc) is 2.60. The van der Waals surface area contributed by atoms with Crippen molar-refractivity contribution in [3.8, 4) is 0 Å². The molecule has 2 unspecified atom stereocenters. The zero-order chi connectivity index (χ0) is 12.1. The van der Waals surface area contributed by atoms with E-state index in [9.17, 15) is 0 Å². The van der Waals surface area contributed by atoms with Crippen molar-refractivity contribution in [2.75, 3.05) is 13.7 Å².